The first-order chi connectivity index (χ1) is 35.7. The molecule has 39 heteroatoms. The van der Waals surface area contributed by atoms with Crippen LogP contribution in [0.3, 0.4) is 0 Å². The number of ether oxygens (including phenoxy) is 4. The Labute approximate surface area is 424 Å². The normalized spacial score (nSPS) is 29.1. The van der Waals surface area contributed by atoms with E-state index in [4.69, 9.17) is 39.5 Å². The van der Waals surface area contributed by atoms with Crippen molar-refractivity contribution in [3.63, 3.8) is 0 Å². The van der Waals surface area contributed by atoms with Gasteiger partial charge >= 0.3 is 26.9 Å². The van der Waals surface area contributed by atoms with Crippen LogP contribution in [0.4, 0.5) is 11.8 Å². The monoisotopic (exact) mass is 1140 g/mol. The maximum atomic E-state index is 13.6. The van der Waals surface area contributed by atoms with Crippen molar-refractivity contribution in [2.75, 3.05) is 52.4 Å². The van der Waals surface area contributed by atoms with E-state index in [1.54, 1.807) is 0 Å². The first kappa shape index (κ1) is 56.5. The summed E-state index contributed by atoms with van der Waals surface area (Å²) in [5.74, 6) is -4.08. The number of amides is 2. The van der Waals surface area contributed by atoms with E-state index in [-0.39, 0.29) is 34.1 Å². The van der Waals surface area contributed by atoms with E-state index >= 15 is 0 Å². The summed E-state index contributed by atoms with van der Waals surface area (Å²) in [6.45, 7) is -2.61. The number of hydrogen-bond donors (Lipinski definition) is 10. The fourth-order valence-corrected chi connectivity index (χ4v) is 12.4. The van der Waals surface area contributed by atoms with Crippen molar-refractivity contribution >= 4 is 69.4 Å². The number of anilines is 2. The second kappa shape index (κ2) is 21.9. The highest BCUT2D eigenvalue weighted by Crippen LogP contribution is 2.67. The lowest BCUT2D eigenvalue weighted by Gasteiger charge is -2.27. The van der Waals surface area contributed by atoms with Gasteiger partial charge in [0.1, 0.15) is 42.4 Å². The number of fused-ring (bicyclic) bond motifs is 2. The van der Waals surface area contributed by atoms with E-state index in [1.807, 2.05) is 4.98 Å². The van der Waals surface area contributed by atoms with Crippen LogP contribution in [-0.4, -0.2) is 169 Å². The lowest BCUT2D eigenvalue weighted by molar-refractivity contribution is -0.646. The number of aliphatic hydroxyl groups excluding tert-OH is 3. The number of H-pyrrole nitrogens is 2. The summed E-state index contributed by atoms with van der Waals surface area (Å²) in [5.41, 5.74) is 9.54. The summed E-state index contributed by atoms with van der Waals surface area (Å²) >= 11 is 0. The topological polar surface area (TPSA) is 504 Å². The second-order valence-electron chi connectivity index (χ2n) is 17.7. The van der Waals surface area contributed by atoms with Crippen molar-refractivity contribution < 1.29 is 94.5 Å². The standard InChI is InChI=1S/C37H51N14O22P3/c1-47(2)22(54)8-15-18(70-33(25(15)55)51-14-48(3)24-31(51)45-36(39)46-32(24)58)10-67-74(60,61)72-76(64,65)73-75(62,63)68-11-19-16(28(66-4)35(71-19)50-13-43-23-29(38)41-12-42-30(23)50)7-21(53)40-9-17-26(56)27(57)34(69-17)49-6-5-20(52)44-37(49)59/h5-6,12-19,25-28,33-35,55-57H,7-11H2,1-4H3,(H9-,38,39,40,41,42,44,45,46,52,53,58,59,60,61,62,63,64,65)/t15-,16-,17-,18-,19-,25-,26-,27-,28-,33-,34-,35-/m1/s1. The van der Waals surface area contributed by atoms with E-state index in [9.17, 15) is 67.7 Å². The van der Waals surface area contributed by atoms with Gasteiger partial charge in [-0.25, -0.2) is 37.8 Å². The lowest BCUT2D eigenvalue weighted by Crippen LogP contribution is -2.42. The minimum Gasteiger partial charge on any atom is -0.756 e. The zero-order chi connectivity index (χ0) is 55.3. The van der Waals surface area contributed by atoms with Gasteiger partial charge in [-0.05, 0) is 0 Å². The van der Waals surface area contributed by atoms with Gasteiger partial charge in [-0.3, -0.25) is 47.4 Å². The molecule has 5 aromatic rings. The fraction of sp³-hybridized carbons (Fsp3) is 0.568. The van der Waals surface area contributed by atoms with E-state index in [0.717, 1.165) is 23.2 Å². The number of aryl methyl sites for hydroxylation is 1. The number of nitrogens with one attached hydrogen (secondary N) is 3. The highest BCUT2D eigenvalue weighted by atomic mass is 31.3. The molecule has 3 unspecified atom stereocenters. The van der Waals surface area contributed by atoms with E-state index in [2.05, 4.69) is 38.9 Å². The number of phosphoric ester groups is 2. The number of methoxy groups -OCH3 is 1. The largest absolute Gasteiger partial charge is 0.756 e. The Morgan fingerprint density at radius 2 is 1.53 bits per heavy atom. The molecule has 3 fully saturated rings. The maximum Gasteiger partial charge on any atom is 0.487 e. The fourth-order valence-electron chi connectivity index (χ4n) is 8.95. The van der Waals surface area contributed by atoms with E-state index < -0.39 is 158 Å². The second-order valence-corrected chi connectivity index (χ2v) is 22.3. The molecule has 0 bridgehead atoms. The molecule has 8 rings (SSSR count). The molecule has 0 aromatic carbocycles. The lowest BCUT2D eigenvalue weighted by atomic mass is 9.93. The highest BCUT2D eigenvalue weighted by Gasteiger charge is 2.52. The van der Waals surface area contributed by atoms with Gasteiger partial charge in [0.25, 0.3) is 24.5 Å². The van der Waals surface area contributed by atoms with Gasteiger partial charge in [-0.2, -0.15) is 13.9 Å². The average molecular weight is 1140 g/mol. The molecule has 3 aliphatic rings. The Morgan fingerprint density at radius 1 is 0.855 bits per heavy atom. The number of phosphoric acid groups is 3. The summed E-state index contributed by atoms with van der Waals surface area (Å²) < 4.78 is 86.0. The maximum absolute atomic E-state index is 13.6. The van der Waals surface area contributed by atoms with Crippen molar-refractivity contribution in [1.82, 2.24) is 53.8 Å². The summed E-state index contributed by atoms with van der Waals surface area (Å²) in [5, 5.41) is 35.3. The summed E-state index contributed by atoms with van der Waals surface area (Å²) in [6, 6.07) is 0.983. The van der Waals surface area contributed by atoms with Gasteiger partial charge in [0.05, 0.1) is 38.8 Å². The van der Waals surface area contributed by atoms with Crippen molar-refractivity contribution in [2.24, 2.45) is 18.9 Å². The third-order valence-corrected chi connectivity index (χ3v) is 16.7. The predicted molar refractivity (Wildman–Crippen MR) is 247 cm³/mol. The Morgan fingerprint density at radius 3 is 2.22 bits per heavy atom. The average Bonchev–Trinajstić information content (AvgIpc) is 4.16. The smallest absolute Gasteiger partial charge is 0.487 e. The molecule has 3 saturated heterocycles. The number of hydrogen-bond acceptors (Lipinski definition) is 26. The van der Waals surface area contributed by atoms with E-state index in [1.165, 1.54) is 59.5 Å². The number of nitrogens with zero attached hydrogens (tertiary/aromatic N) is 9. The van der Waals surface area contributed by atoms with Gasteiger partial charge in [-0.1, -0.05) is 0 Å². The number of aromatic amines is 2. The minimum atomic E-state index is -6.22. The SMILES string of the molecule is CO[C@@H]1[C@H](CC(=O)NC[C@H]2O[C@@H](n3ccc(=O)[nH]c3=O)[C@H](O)[C@@H]2O)[C@@H](COP(=O)(O)OP(=O)(O)OP(=O)([O-])OC[C@H]2O[C@@H](n3c[n+](C)c4c(=O)[nH]c(N)nc43)[C@H](O)[C@@H]2CC(=O)N(C)C)O[C@H]1n1cnc2c(N)ncnc21. The molecule has 76 heavy (non-hydrogen) atoms. The molecule has 36 nitrogen and oxygen atoms in total. The van der Waals surface area contributed by atoms with Crippen LogP contribution in [-0.2, 0) is 66.9 Å². The van der Waals surface area contributed by atoms with Gasteiger partial charge in [-0.15, -0.1) is 0 Å². The van der Waals surface area contributed by atoms with Crippen LogP contribution in [0, 0.1) is 11.8 Å². The first-order valence-electron chi connectivity index (χ1n) is 22.4. The van der Waals surface area contributed by atoms with Gasteiger partial charge < -0.3 is 75.2 Å². The quantitative estimate of drug-likeness (QED) is 0.0257. The van der Waals surface area contributed by atoms with Gasteiger partial charge in [0, 0.05) is 64.7 Å². The van der Waals surface area contributed by atoms with Gasteiger partial charge in [0.15, 0.2) is 23.9 Å². The Bertz CT molecular complexity index is 3330. The predicted octanol–water partition coefficient (Wildman–Crippen LogP) is -5.15. The third kappa shape index (κ3) is 11.9. The highest BCUT2D eigenvalue weighted by molar-refractivity contribution is 7.66. The van der Waals surface area contributed by atoms with Crippen molar-refractivity contribution in [3.8, 4) is 0 Å². The number of nitrogen functional groups attached to an aromatic ring is 2. The summed E-state index contributed by atoms with van der Waals surface area (Å²) in [4.78, 5) is 119. The molecule has 12 N–H and O–H groups in total. The number of carbonyl (C=O) groups excluding carboxylic acids is 2. The summed E-state index contributed by atoms with van der Waals surface area (Å²) in [6.07, 6.45) is -10.9. The molecular weight excluding hydrogens is 1090 g/mol. The Kier molecular flexibility index (Phi) is 16.3. The third-order valence-electron chi connectivity index (χ3n) is 12.5. The zero-order valence-electron chi connectivity index (χ0n) is 40.0. The first-order valence-corrected chi connectivity index (χ1v) is 26.8. The number of aromatic nitrogens is 10. The number of imidazole rings is 2. The number of aliphatic hydroxyl groups is 3. The van der Waals surface area contributed by atoms with Crippen LogP contribution in [0.25, 0.3) is 22.3 Å². The molecule has 15 atom stereocenters. The van der Waals surface area contributed by atoms with Crippen molar-refractivity contribution in [2.45, 2.75) is 74.3 Å². The number of nitrogens with two attached hydrogens (primary N) is 2. The molecule has 3 aliphatic heterocycles. The van der Waals surface area contributed by atoms with Crippen LogP contribution in [0.2, 0.25) is 0 Å². The Hall–Kier alpha value is -5.75. The molecule has 2 amide bonds. The van der Waals surface area contributed by atoms with Crippen LogP contribution in [0.15, 0.2) is 45.6 Å². The molecule has 0 saturated carbocycles. The van der Waals surface area contributed by atoms with Crippen LogP contribution >= 0.6 is 23.5 Å². The zero-order valence-corrected chi connectivity index (χ0v) is 42.7. The van der Waals surface area contributed by atoms with Crippen molar-refractivity contribution in [1.29, 1.82) is 0 Å². The molecule has 0 spiro atoms. The Balaban J connectivity index is 0.938. The summed E-state index contributed by atoms with van der Waals surface area (Å²) in [7, 11) is -12.7. The van der Waals surface area contributed by atoms with Crippen LogP contribution < -0.4 is 43.1 Å². The molecule has 416 valence electrons. The number of carbonyl (C=O) groups is 2. The van der Waals surface area contributed by atoms with Crippen LogP contribution in [0.1, 0.15) is 31.5 Å². The van der Waals surface area contributed by atoms with Crippen molar-refractivity contribution in [3.05, 3.63) is 62.4 Å². The molecule has 0 aliphatic carbocycles. The minimum absolute atomic E-state index is 0.00330. The van der Waals surface area contributed by atoms with Crippen LogP contribution in [0.5, 0.6) is 0 Å². The molecule has 0 radical (unpaired) electrons. The van der Waals surface area contributed by atoms with E-state index in [0.29, 0.717) is 0 Å². The van der Waals surface area contributed by atoms with Gasteiger partial charge in [0.2, 0.25) is 30.3 Å². The molecule has 8 heterocycles. The molecule has 5 aromatic heterocycles. The molecular formula is C37H51N14O22P3. The number of rotatable bonds is 20.